The maximum Gasteiger partial charge on any atom is 0.236 e. The summed E-state index contributed by atoms with van der Waals surface area (Å²) in [6, 6.07) is 12.7. The summed E-state index contributed by atoms with van der Waals surface area (Å²) in [7, 11) is 1.87. The molecule has 0 bridgehead atoms. The molecular formula is C21H30N4O. The predicted molar refractivity (Wildman–Crippen MR) is 104 cm³/mol. The number of amides is 1. The number of aromatic amines is 1. The summed E-state index contributed by atoms with van der Waals surface area (Å²) in [4.78, 5) is 16.7. The number of rotatable bonds is 5. The highest BCUT2D eigenvalue weighted by atomic mass is 16.2. The molecule has 2 heterocycles. The van der Waals surface area contributed by atoms with Gasteiger partial charge in [0.25, 0.3) is 0 Å². The van der Waals surface area contributed by atoms with Crippen molar-refractivity contribution in [2.75, 3.05) is 26.7 Å². The van der Waals surface area contributed by atoms with E-state index in [-0.39, 0.29) is 11.3 Å². The van der Waals surface area contributed by atoms with Crippen molar-refractivity contribution in [3.63, 3.8) is 0 Å². The van der Waals surface area contributed by atoms with Gasteiger partial charge in [-0.25, -0.2) is 0 Å². The Labute approximate surface area is 156 Å². The lowest BCUT2D eigenvalue weighted by atomic mass is 9.92. The van der Waals surface area contributed by atoms with Crippen LogP contribution in [0.25, 0.3) is 0 Å². The molecule has 1 aliphatic heterocycles. The Morgan fingerprint density at radius 3 is 2.69 bits per heavy atom. The van der Waals surface area contributed by atoms with Gasteiger partial charge in [0.05, 0.1) is 24.5 Å². The van der Waals surface area contributed by atoms with Gasteiger partial charge in [0.15, 0.2) is 0 Å². The Hall–Kier alpha value is -2.14. The first-order valence-electron chi connectivity index (χ1n) is 9.39. The van der Waals surface area contributed by atoms with Crippen LogP contribution in [0.2, 0.25) is 0 Å². The lowest BCUT2D eigenvalue weighted by Gasteiger charge is -2.21. The molecule has 1 saturated heterocycles. The summed E-state index contributed by atoms with van der Waals surface area (Å²) in [6.07, 6.45) is 1.12. The lowest BCUT2D eigenvalue weighted by Crippen LogP contribution is -2.37. The minimum atomic E-state index is 0.0132. The summed E-state index contributed by atoms with van der Waals surface area (Å²) < 4.78 is 0. The molecule has 1 fully saturated rings. The molecule has 0 radical (unpaired) electrons. The molecule has 0 saturated carbocycles. The third-order valence-electron chi connectivity index (χ3n) is 5.13. The van der Waals surface area contributed by atoms with E-state index < -0.39 is 0 Å². The monoisotopic (exact) mass is 354 g/mol. The minimum Gasteiger partial charge on any atom is -0.339 e. The Bertz CT molecular complexity index is 732. The first-order valence-corrected chi connectivity index (χ1v) is 9.39. The van der Waals surface area contributed by atoms with Gasteiger partial charge in [0.2, 0.25) is 5.91 Å². The number of H-pyrrole nitrogens is 1. The molecule has 0 spiro atoms. The standard InChI is InChI=1S/C21H30N4O/c1-21(2,3)19-12-18(22-23-19)14-24(4)20(26)15-25-11-10-17(13-25)16-8-6-5-7-9-16/h5-9,12,17H,10-11,13-15H2,1-4H3,(H,22,23). The summed E-state index contributed by atoms with van der Waals surface area (Å²) in [5.41, 5.74) is 3.40. The molecule has 1 atom stereocenters. The van der Waals surface area contributed by atoms with Crippen molar-refractivity contribution in [3.8, 4) is 0 Å². The van der Waals surface area contributed by atoms with Gasteiger partial charge in [-0.15, -0.1) is 0 Å². The van der Waals surface area contributed by atoms with Crippen molar-refractivity contribution in [1.29, 1.82) is 0 Å². The number of hydrogen-bond donors (Lipinski definition) is 1. The highest BCUT2D eigenvalue weighted by Gasteiger charge is 2.26. The van der Waals surface area contributed by atoms with Crippen LogP contribution in [0.3, 0.4) is 0 Å². The Morgan fingerprint density at radius 1 is 1.31 bits per heavy atom. The lowest BCUT2D eigenvalue weighted by molar-refractivity contribution is -0.131. The zero-order chi connectivity index (χ0) is 18.7. The van der Waals surface area contributed by atoms with Gasteiger partial charge in [-0.3, -0.25) is 14.8 Å². The first-order chi connectivity index (χ1) is 12.3. The number of aromatic nitrogens is 2. The second kappa shape index (κ2) is 7.62. The summed E-state index contributed by atoms with van der Waals surface area (Å²) >= 11 is 0. The van der Waals surface area contributed by atoms with Gasteiger partial charge in [-0.2, -0.15) is 5.10 Å². The molecule has 3 rings (SSSR count). The Morgan fingerprint density at radius 2 is 2.04 bits per heavy atom. The molecule has 1 aliphatic rings. The predicted octanol–water partition coefficient (Wildman–Crippen LogP) is 3.16. The second-order valence-corrected chi connectivity index (χ2v) is 8.41. The molecule has 5 nitrogen and oxygen atoms in total. The molecule has 140 valence electrons. The van der Waals surface area contributed by atoms with Crippen molar-refractivity contribution < 1.29 is 4.79 Å². The molecule has 1 aromatic heterocycles. The number of likely N-dealkylation sites (tertiary alicyclic amines) is 1. The highest BCUT2D eigenvalue weighted by molar-refractivity contribution is 5.78. The average Bonchev–Trinajstić information content (AvgIpc) is 3.25. The maximum atomic E-state index is 12.6. The third-order valence-corrected chi connectivity index (χ3v) is 5.13. The fraction of sp³-hybridized carbons (Fsp3) is 0.524. The van der Waals surface area contributed by atoms with E-state index >= 15 is 0 Å². The van der Waals surface area contributed by atoms with E-state index in [1.165, 1.54) is 5.56 Å². The first kappa shape index (κ1) is 18.6. The van der Waals surface area contributed by atoms with Gasteiger partial charge < -0.3 is 4.90 Å². The molecule has 1 unspecified atom stereocenters. The number of carbonyl (C=O) groups excluding carboxylic acids is 1. The van der Waals surface area contributed by atoms with Crippen LogP contribution >= 0.6 is 0 Å². The van der Waals surface area contributed by atoms with Gasteiger partial charge in [0, 0.05) is 19.0 Å². The van der Waals surface area contributed by atoms with E-state index in [0.717, 1.165) is 30.9 Å². The number of carbonyl (C=O) groups is 1. The van der Waals surface area contributed by atoms with Crippen molar-refractivity contribution in [2.24, 2.45) is 0 Å². The van der Waals surface area contributed by atoms with Gasteiger partial charge in [0.1, 0.15) is 0 Å². The van der Waals surface area contributed by atoms with Gasteiger partial charge in [-0.05, 0) is 30.5 Å². The van der Waals surface area contributed by atoms with Crippen LogP contribution in [0.4, 0.5) is 0 Å². The Balaban J connectivity index is 1.51. The molecule has 5 heteroatoms. The number of hydrogen-bond acceptors (Lipinski definition) is 3. The molecule has 26 heavy (non-hydrogen) atoms. The van der Waals surface area contributed by atoms with E-state index in [0.29, 0.717) is 19.0 Å². The zero-order valence-electron chi connectivity index (χ0n) is 16.3. The quantitative estimate of drug-likeness (QED) is 0.897. The van der Waals surface area contributed by atoms with Crippen LogP contribution in [0, 0.1) is 0 Å². The van der Waals surface area contributed by atoms with Crippen molar-refractivity contribution in [3.05, 3.63) is 53.3 Å². The van der Waals surface area contributed by atoms with E-state index in [1.54, 1.807) is 4.90 Å². The summed E-state index contributed by atoms with van der Waals surface area (Å²) in [5, 5.41) is 7.44. The summed E-state index contributed by atoms with van der Waals surface area (Å²) in [6.45, 7) is 9.41. The number of benzene rings is 1. The minimum absolute atomic E-state index is 0.0132. The highest BCUT2D eigenvalue weighted by Crippen LogP contribution is 2.26. The van der Waals surface area contributed by atoms with Crippen LogP contribution in [0.15, 0.2) is 36.4 Å². The molecule has 2 aromatic rings. The van der Waals surface area contributed by atoms with E-state index in [9.17, 15) is 4.79 Å². The number of likely N-dealkylation sites (N-methyl/N-ethyl adjacent to an activating group) is 1. The van der Waals surface area contributed by atoms with Crippen molar-refractivity contribution >= 4 is 5.91 Å². The SMILES string of the molecule is CN(Cc1cc(C(C)(C)C)n[nH]1)C(=O)CN1CCC(c2ccccc2)C1. The van der Waals surface area contributed by atoms with E-state index in [4.69, 9.17) is 0 Å². The van der Waals surface area contributed by atoms with Gasteiger partial charge in [-0.1, -0.05) is 51.1 Å². The van der Waals surface area contributed by atoms with Crippen LogP contribution in [0.1, 0.15) is 50.1 Å². The van der Waals surface area contributed by atoms with E-state index in [1.807, 2.05) is 7.05 Å². The number of nitrogens with one attached hydrogen (secondary N) is 1. The fourth-order valence-corrected chi connectivity index (χ4v) is 3.46. The summed E-state index contributed by atoms with van der Waals surface area (Å²) in [5.74, 6) is 0.696. The fourth-order valence-electron chi connectivity index (χ4n) is 3.46. The van der Waals surface area contributed by atoms with Gasteiger partial charge >= 0.3 is 0 Å². The third kappa shape index (κ3) is 4.52. The van der Waals surface area contributed by atoms with Crippen LogP contribution < -0.4 is 0 Å². The zero-order valence-corrected chi connectivity index (χ0v) is 16.3. The molecule has 0 aliphatic carbocycles. The Kier molecular flexibility index (Phi) is 5.47. The molecule has 1 aromatic carbocycles. The maximum absolute atomic E-state index is 12.6. The van der Waals surface area contributed by atoms with E-state index in [2.05, 4.69) is 72.3 Å². The molecule has 1 N–H and O–H groups in total. The topological polar surface area (TPSA) is 52.2 Å². The normalized spacial score (nSPS) is 18.2. The van der Waals surface area contributed by atoms with Crippen molar-refractivity contribution in [1.82, 2.24) is 20.0 Å². The number of nitrogens with zero attached hydrogens (tertiary/aromatic N) is 3. The smallest absolute Gasteiger partial charge is 0.236 e. The largest absolute Gasteiger partial charge is 0.339 e. The second-order valence-electron chi connectivity index (χ2n) is 8.41. The van der Waals surface area contributed by atoms with Crippen molar-refractivity contribution in [2.45, 2.75) is 45.1 Å². The van der Waals surface area contributed by atoms with Crippen LogP contribution in [-0.2, 0) is 16.8 Å². The molecular weight excluding hydrogens is 324 g/mol. The van der Waals surface area contributed by atoms with Crippen LogP contribution in [0.5, 0.6) is 0 Å². The molecule has 1 amide bonds. The van der Waals surface area contributed by atoms with Crippen LogP contribution in [-0.4, -0.2) is 52.6 Å². The average molecular weight is 354 g/mol.